The van der Waals surface area contributed by atoms with E-state index in [2.05, 4.69) is 25.4 Å². The summed E-state index contributed by atoms with van der Waals surface area (Å²) in [6.45, 7) is 4.58. The lowest BCUT2D eigenvalue weighted by Crippen LogP contribution is -2.05. The zero-order chi connectivity index (χ0) is 11.5. The lowest BCUT2D eigenvalue weighted by atomic mass is 10.4. The summed E-state index contributed by atoms with van der Waals surface area (Å²) in [5.41, 5.74) is 6.59. The maximum Gasteiger partial charge on any atom is 0.244 e. The molecule has 0 aromatic carbocycles. The highest BCUT2D eigenvalue weighted by Gasteiger charge is 2.09. The summed E-state index contributed by atoms with van der Waals surface area (Å²) in [6, 6.07) is 1.79. The Labute approximate surface area is 92.7 Å². The smallest absolute Gasteiger partial charge is 0.244 e. The van der Waals surface area contributed by atoms with Crippen molar-refractivity contribution in [2.24, 2.45) is 0 Å². The third-order valence-electron chi connectivity index (χ3n) is 1.97. The molecule has 2 aromatic heterocycles. The van der Waals surface area contributed by atoms with Crippen molar-refractivity contribution in [3.05, 3.63) is 18.1 Å². The molecule has 7 nitrogen and oxygen atoms in total. The first kappa shape index (κ1) is 10.3. The van der Waals surface area contributed by atoms with Crippen molar-refractivity contribution in [2.75, 3.05) is 17.6 Å². The van der Waals surface area contributed by atoms with E-state index in [0.29, 0.717) is 17.7 Å². The number of nitrogens with one attached hydrogen (secondary N) is 1. The molecule has 2 aromatic rings. The summed E-state index contributed by atoms with van der Waals surface area (Å²) in [7, 11) is 0. The van der Waals surface area contributed by atoms with E-state index in [1.54, 1.807) is 6.07 Å². The lowest BCUT2D eigenvalue weighted by Gasteiger charge is -2.00. The van der Waals surface area contributed by atoms with Gasteiger partial charge in [-0.2, -0.15) is 9.67 Å². The van der Waals surface area contributed by atoms with Crippen LogP contribution in [0.25, 0.3) is 5.82 Å². The van der Waals surface area contributed by atoms with Gasteiger partial charge in [-0.3, -0.25) is 0 Å². The SMILES string of the molecule is CCNc1nc(N)n(-c2cc(C)ncn2)n1. The minimum absolute atomic E-state index is 0.300. The molecule has 0 bridgehead atoms. The number of nitrogens with two attached hydrogens (primary N) is 1. The second-order valence-corrected chi connectivity index (χ2v) is 3.25. The molecule has 0 saturated carbocycles. The molecule has 16 heavy (non-hydrogen) atoms. The van der Waals surface area contributed by atoms with Crippen LogP contribution in [0.4, 0.5) is 11.9 Å². The average molecular weight is 219 g/mol. The zero-order valence-corrected chi connectivity index (χ0v) is 9.18. The largest absolute Gasteiger partial charge is 0.368 e. The fourth-order valence-corrected chi connectivity index (χ4v) is 1.28. The van der Waals surface area contributed by atoms with Gasteiger partial charge in [0.2, 0.25) is 11.9 Å². The third-order valence-corrected chi connectivity index (χ3v) is 1.97. The molecular weight excluding hydrogens is 206 g/mol. The van der Waals surface area contributed by atoms with E-state index >= 15 is 0 Å². The first-order valence-corrected chi connectivity index (χ1v) is 4.96. The van der Waals surface area contributed by atoms with Gasteiger partial charge in [0.15, 0.2) is 5.82 Å². The number of aryl methyl sites for hydroxylation is 1. The molecule has 84 valence electrons. The van der Waals surface area contributed by atoms with Crippen LogP contribution in [0.15, 0.2) is 12.4 Å². The van der Waals surface area contributed by atoms with Gasteiger partial charge in [0.25, 0.3) is 0 Å². The summed E-state index contributed by atoms with van der Waals surface area (Å²) in [5.74, 6) is 1.41. The molecule has 0 amide bonds. The summed E-state index contributed by atoms with van der Waals surface area (Å²) in [4.78, 5) is 12.2. The van der Waals surface area contributed by atoms with Crippen molar-refractivity contribution in [3.8, 4) is 5.82 Å². The number of nitrogens with zero attached hydrogens (tertiary/aromatic N) is 5. The Morgan fingerprint density at radius 1 is 1.44 bits per heavy atom. The van der Waals surface area contributed by atoms with Crippen molar-refractivity contribution in [1.82, 2.24) is 24.7 Å². The van der Waals surface area contributed by atoms with Crippen LogP contribution in [0.2, 0.25) is 0 Å². The number of hydrogen-bond acceptors (Lipinski definition) is 6. The maximum atomic E-state index is 5.74. The predicted octanol–water partition coefficient (Wildman–Crippen LogP) is 0.380. The molecule has 0 aliphatic carbocycles. The zero-order valence-electron chi connectivity index (χ0n) is 9.18. The maximum absolute atomic E-state index is 5.74. The van der Waals surface area contributed by atoms with Gasteiger partial charge in [-0.25, -0.2) is 9.97 Å². The van der Waals surface area contributed by atoms with E-state index in [1.165, 1.54) is 11.0 Å². The normalized spacial score (nSPS) is 10.4. The Morgan fingerprint density at radius 2 is 2.25 bits per heavy atom. The molecule has 0 aliphatic rings. The van der Waals surface area contributed by atoms with Gasteiger partial charge in [-0.1, -0.05) is 0 Å². The van der Waals surface area contributed by atoms with Crippen molar-refractivity contribution in [1.29, 1.82) is 0 Å². The standard InChI is InChI=1S/C9H13N7/c1-3-11-9-14-8(10)16(15-9)7-4-6(2)12-5-13-7/h4-5H,3H2,1-2H3,(H3,10,11,14,15). The molecule has 2 rings (SSSR count). The number of rotatable bonds is 3. The van der Waals surface area contributed by atoms with Crippen LogP contribution in [-0.2, 0) is 0 Å². The van der Waals surface area contributed by atoms with Crippen LogP contribution >= 0.6 is 0 Å². The van der Waals surface area contributed by atoms with Crippen LogP contribution in [0, 0.1) is 6.92 Å². The molecule has 0 aliphatic heterocycles. The Morgan fingerprint density at radius 3 is 2.94 bits per heavy atom. The molecular formula is C9H13N7. The van der Waals surface area contributed by atoms with Crippen molar-refractivity contribution in [3.63, 3.8) is 0 Å². The van der Waals surface area contributed by atoms with Gasteiger partial charge < -0.3 is 11.1 Å². The molecule has 2 heterocycles. The van der Waals surface area contributed by atoms with Crippen molar-refractivity contribution in [2.45, 2.75) is 13.8 Å². The van der Waals surface area contributed by atoms with Gasteiger partial charge in [-0.05, 0) is 13.8 Å². The highest BCUT2D eigenvalue weighted by Crippen LogP contribution is 2.11. The number of anilines is 2. The Hall–Kier alpha value is -2.18. The average Bonchev–Trinajstić information content (AvgIpc) is 2.60. The third kappa shape index (κ3) is 1.92. The minimum Gasteiger partial charge on any atom is -0.368 e. The monoisotopic (exact) mass is 219 g/mol. The van der Waals surface area contributed by atoms with E-state index in [-0.39, 0.29) is 0 Å². The lowest BCUT2D eigenvalue weighted by molar-refractivity contribution is 0.843. The van der Waals surface area contributed by atoms with Gasteiger partial charge in [-0.15, -0.1) is 5.10 Å². The Kier molecular flexibility index (Phi) is 2.67. The van der Waals surface area contributed by atoms with Crippen LogP contribution in [0.3, 0.4) is 0 Å². The van der Waals surface area contributed by atoms with Gasteiger partial charge in [0, 0.05) is 18.3 Å². The molecule has 0 radical (unpaired) electrons. The molecule has 0 unspecified atom stereocenters. The summed E-state index contributed by atoms with van der Waals surface area (Å²) < 4.78 is 1.48. The summed E-state index contributed by atoms with van der Waals surface area (Å²) >= 11 is 0. The van der Waals surface area contributed by atoms with Crippen LogP contribution in [0.5, 0.6) is 0 Å². The van der Waals surface area contributed by atoms with Gasteiger partial charge >= 0.3 is 0 Å². The molecule has 3 N–H and O–H groups in total. The predicted molar refractivity (Wildman–Crippen MR) is 60.3 cm³/mol. The van der Waals surface area contributed by atoms with E-state index in [0.717, 1.165) is 12.2 Å². The second-order valence-electron chi connectivity index (χ2n) is 3.25. The molecule has 0 spiro atoms. The molecule has 0 fully saturated rings. The number of hydrogen-bond donors (Lipinski definition) is 2. The Balaban J connectivity index is 2.40. The topological polar surface area (TPSA) is 94.5 Å². The van der Waals surface area contributed by atoms with Crippen LogP contribution in [0.1, 0.15) is 12.6 Å². The quantitative estimate of drug-likeness (QED) is 0.775. The molecule has 0 atom stereocenters. The highest BCUT2D eigenvalue weighted by atomic mass is 15.4. The number of nitrogen functional groups attached to an aromatic ring is 1. The fourth-order valence-electron chi connectivity index (χ4n) is 1.28. The molecule has 7 heteroatoms. The Bertz CT molecular complexity index is 490. The van der Waals surface area contributed by atoms with E-state index in [4.69, 9.17) is 5.73 Å². The van der Waals surface area contributed by atoms with Crippen LogP contribution in [-0.4, -0.2) is 31.3 Å². The fraction of sp³-hybridized carbons (Fsp3) is 0.333. The van der Waals surface area contributed by atoms with Gasteiger partial charge in [0.1, 0.15) is 6.33 Å². The van der Waals surface area contributed by atoms with E-state index in [9.17, 15) is 0 Å². The minimum atomic E-state index is 0.300. The summed E-state index contributed by atoms with van der Waals surface area (Å²) in [6.07, 6.45) is 1.47. The van der Waals surface area contributed by atoms with Crippen LogP contribution < -0.4 is 11.1 Å². The van der Waals surface area contributed by atoms with E-state index in [1.807, 2.05) is 13.8 Å². The number of aromatic nitrogens is 5. The second kappa shape index (κ2) is 4.13. The first-order valence-electron chi connectivity index (χ1n) is 4.96. The van der Waals surface area contributed by atoms with Crippen molar-refractivity contribution < 1.29 is 0 Å². The van der Waals surface area contributed by atoms with E-state index < -0.39 is 0 Å². The van der Waals surface area contributed by atoms with Gasteiger partial charge in [0.05, 0.1) is 0 Å². The first-order chi connectivity index (χ1) is 7.70. The highest BCUT2D eigenvalue weighted by molar-refractivity contribution is 5.38. The molecule has 0 saturated heterocycles. The van der Waals surface area contributed by atoms with Crippen molar-refractivity contribution >= 4 is 11.9 Å². The summed E-state index contributed by atoms with van der Waals surface area (Å²) in [5, 5.41) is 7.18.